The van der Waals surface area contributed by atoms with Crippen LogP contribution in [0.2, 0.25) is 0 Å². The predicted molar refractivity (Wildman–Crippen MR) is 129 cm³/mol. The number of hydrogen-bond acceptors (Lipinski definition) is 6. The van der Waals surface area contributed by atoms with Crippen LogP contribution < -0.4 is 5.32 Å². The maximum atomic E-state index is 13.3. The van der Waals surface area contributed by atoms with Crippen LogP contribution in [0.1, 0.15) is 16.8 Å². The summed E-state index contributed by atoms with van der Waals surface area (Å²) in [6.45, 7) is 0. The highest BCUT2D eigenvalue weighted by Crippen LogP contribution is 2.17. The van der Waals surface area contributed by atoms with Crippen molar-refractivity contribution in [2.75, 3.05) is 0 Å². The van der Waals surface area contributed by atoms with Crippen molar-refractivity contribution in [3.8, 4) is 5.69 Å². The van der Waals surface area contributed by atoms with E-state index in [1.165, 1.54) is 11.3 Å². The molecule has 0 aliphatic carbocycles. The zero-order valence-electron chi connectivity index (χ0n) is 18.0. The zero-order chi connectivity index (χ0) is 23.0. The van der Waals surface area contributed by atoms with Crippen LogP contribution in [0.15, 0.2) is 83.7 Å². The molecule has 0 saturated heterocycles. The number of carbonyl (C=O) groups is 1. The summed E-state index contributed by atoms with van der Waals surface area (Å²) in [4.78, 5) is 13.3. The first-order valence-corrected chi connectivity index (χ1v) is 11.7. The summed E-state index contributed by atoms with van der Waals surface area (Å²) in [5.41, 5.74) is 3.55. The topological polar surface area (TPSA) is 100 Å². The summed E-state index contributed by atoms with van der Waals surface area (Å²) >= 11 is 1.53. The Morgan fingerprint density at radius 1 is 0.970 bits per heavy atom. The summed E-state index contributed by atoms with van der Waals surface area (Å²) in [6, 6.07) is 21.3. The smallest absolute Gasteiger partial charge is 0.426 e. The van der Waals surface area contributed by atoms with E-state index in [0.717, 1.165) is 16.8 Å². The van der Waals surface area contributed by atoms with Gasteiger partial charge in [0.2, 0.25) is 5.91 Å². The lowest BCUT2D eigenvalue weighted by atomic mass is 9.76. The second kappa shape index (κ2) is 11.0. The standard InChI is InChI=1S/C24H25BN4O3S/c30-24(26-23(25(31)32)14-19-11-12-33-17-19)20(13-18-7-3-1-4-8-18)15-21-16-29(28-27-21)22-9-5-2-6-10-22/h1-12,16-17,20,23,31-32H,13-15H2,(H,26,30). The molecule has 2 atom stereocenters. The van der Waals surface area contributed by atoms with Gasteiger partial charge in [0.05, 0.1) is 23.5 Å². The van der Waals surface area contributed by atoms with Crippen molar-refractivity contribution in [1.82, 2.24) is 20.3 Å². The Balaban J connectivity index is 1.51. The van der Waals surface area contributed by atoms with Crippen LogP contribution in [0, 0.1) is 5.92 Å². The van der Waals surface area contributed by atoms with Crippen LogP contribution >= 0.6 is 11.3 Å². The normalized spacial score (nSPS) is 12.8. The van der Waals surface area contributed by atoms with E-state index in [2.05, 4.69) is 15.6 Å². The molecule has 0 aliphatic rings. The number of thiophene rings is 1. The highest BCUT2D eigenvalue weighted by molar-refractivity contribution is 7.07. The van der Waals surface area contributed by atoms with Gasteiger partial charge in [-0.2, -0.15) is 11.3 Å². The van der Waals surface area contributed by atoms with Gasteiger partial charge < -0.3 is 15.4 Å². The molecule has 33 heavy (non-hydrogen) atoms. The minimum absolute atomic E-state index is 0.249. The fourth-order valence-corrected chi connectivity index (χ4v) is 4.38. The molecule has 3 N–H and O–H groups in total. The molecule has 0 fully saturated rings. The summed E-state index contributed by atoms with van der Waals surface area (Å²) in [7, 11) is -1.66. The SMILES string of the molecule is O=C(NC(Cc1ccsc1)B(O)O)C(Cc1ccccc1)Cc1cn(-c2ccccc2)nn1. The van der Waals surface area contributed by atoms with Gasteiger partial charge in [-0.25, -0.2) is 4.68 Å². The van der Waals surface area contributed by atoms with E-state index in [1.807, 2.05) is 83.7 Å². The third kappa shape index (κ3) is 6.38. The molecular formula is C24H25BN4O3S. The second-order valence-electron chi connectivity index (χ2n) is 7.95. The highest BCUT2D eigenvalue weighted by atomic mass is 32.1. The first-order valence-electron chi connectivity index (χ1n) is 10.8. The van der Waals surface area contributed by atoms with E-state index >= 15 is 0 Å². The molecule has 0 spiro atoms. The number of benzene rings is 2. The van der Waals surface area contributed by atoms with Crippen LogP contribution in [0.5, 0.6) is 0 Å². The molecule has 4 aromatic rings. The summed E-state index contributed by atoms with van der Waals surface area (Å²) < 4.78 is 1.68. The lowest BCUT2D eigenvalue weighted by Crippen LogP contribution is -2.50. The van der Waals surface area contributed by atoms with Gasteiger partial charge in [-0.15, -0.1) is 5.10 Å². The average molecular weight is 460 g/mol. The van der Waals surface area contributed by atoms with E-state index in [-0.39, 0.29) is 5.91 Å². The van der Waals surface area contributed by atoms with Gasteiger partial charge in [0.1, 0.15) is 0 Å². The van der Waals surface area contributed by atoms with Crippen LogP contribution in [0.25, 0.3) is 5.69 Å². The Hall–Kier alpha value is -3.27. The van der Waals surface area contributed by atoms with Gasteiger partial charge in [0, 0.05) is 12.3 Å². The summed E-state index contributed by atoms with van der Waals surface area (Å²) in [6.07, 6.45) is 3.04. The number of nitrogens with one attached hydrogen (secondary N) is 1. The number of para-hydroxylation sites is 1. The third-order valence-electron chi connectivity index (χ3n) is 5.44. The Morgan fingerprint density at radius 3 is 2.36 bits per heavy atom. The van der Waals surface area contributed by atoms with E-state index in [0.29, 0.717) is 25.0 Å². The molecular weight excluding hydrogens is 435 g/mol. The van der Waals surface area contributed by atoms with Crippen molar-refractivity contribution in [3.63, 3.8) is 0 Å². The van der Waals surface area contributed by atoms with Crippen molar-refractivity contribution in [1.29, 1.82) is 0 Å². The predicted octanol–water partition coefficient (Wildman–Crippen LogP) is 2.47. The van der Waals surface area contributed by atoms with Gasteiger partial charge in [0.15, 0.2) is 0 Å². The molecule has 168 valence electrons. The largest absolute Gasteiger partial charge is 0.475 e. The fraction of sp³-hybridized carbons (Fsp3) is 0.208. The van der Waals surface area contributed by atoms with Crippen molar-refractivity contribution < 1.29 is 14.8 Å². The maximum Gasteiger partial charge on any atom is 0.475 e. The molecule has 2 aromatic heterocycles. The quantitative estimate of drug-likeness (QED) is 0.316. The lowest BCUT2D eigenvalue weighted by Gasteiger charge is -2.22. The molecule has 2 unspecified atom stereocenters. The Labute approximate surface area is 196 Å². The number of nitrogens with zero attached hydrogens (tertiary/aromatic N) is 3. The van der Waals surface area contributed by atoms with Gasteiger partial charge in [-0.3, -0.25) is 4.79 Å². The van der Waals surface area contributed by atoms with Crippen molar-refractivity contribution in [2.45, 2.75) is 25.2 Å². The van der Waals surface area contributed by atoms with Gasteiger partial charge in [-0.1, -0.05) is 53.7 Å². The number of amides is 1. The lowest BCUT2D eigenvalue weighted by molar-refractivity contribution is -0.125. The maximum absolute atomic E-state index is 13.3. The monoisotopic (exact) mass is 460 g/mol. The minimum atomic E-state index is -1.66. The molecule has 0 radical (unpaired) electrons. The molecule has 2 aromatic carbocycles. The summed E-state index contributed by atoms with van der Waals surface area (Å²) in [5, 5.41) is 34.9. The van der Waals surface area contributed by atoms with E-state index in [9.17, 15) is 14.8 Å². The van der Waals surface area contributed by atoms with Gasteiger partial charge in [-0.05, 0) is 52.9 Å². The highest BCUT2D eigenvalue weighted by Gasteiger charge is 2.29. The number of carbonyl (C=O) groups excluding carboxylic acids is 1. The van der Waals surface area contributed by atoms with Crippen LogP contribution in [0.4, 0.5) is 0 Å². The number of hydrogen-bond donors (Lipinski definition) is 3. The Bertz CT molecular complexity index is 1140. The molecule has 1 amide bonds. The average Bonchev–Trinajstić information content (AvgIpc) is 3.52. The number of aromatic nitrogens is 3. The first-order chi connectivity index (χ1) is 16.1. The van der Waals surface area contributed by atoms with E-state index in [1.54, 1.807) is 4.68 Å². The zero-order valence-corrected chi connectivity index (χ0v) is 18.8. The number of rotatable bonds is 10. The molecule has 7 nitrogen and oxygen atoms in total. The Morgan fingerprint density at radius 2 is 1.70 bits per heavy atom. The van der Waals surface area contributed by atoms with Gasteiger partial charge >= 0.3 is 7.12 Å². The second-order valence-corrected chi connectivity index (χ2v) is 8.73. The van der Waals surface area contributed by atoms with Crippen LogP contribution in [-0.2, 0) is 24.1 Å². The van der Waals surface area contributed by atoms with Crippen molar-refractivity contribution in [2.24, 2.45) is 5.92 Å². The van der Waals surface area contributed by atoms with E-state index < -0.39 is 19.0 Å². The molecule has 0 aliphatic heterocycles. The van der Waals surface area contributed by atoms with Gasteiger partial charge in [0.25, 0.3) is 0 Å². The summed E-state index contributed by atoms with van der Waals surface area (Å²) in [5.74, 6) is -1.50. The third-order valence-corrected chi connectivity index (χ3v) is 6.17. The molecule has 9 heteroatoms. The van der Waals surface area contributed by atoms with Crippen LogP contribution in [-0.4, -0.2) is 44.0 Å². The molecule has 4 rings (SSSR count). The molecule has 2 heterocycles. The molecule has 0 saturated carbocycles. The van der Waals surface area contributed by atoms with Crippen LogP contribution in [0.3, 0.4) is 0 Å². The minimum Gasteiger partial charge on any atom is -0.426 e. The Kier molecular flexibility index (Phi) is 7.67. The van der Waals surface area contributed by atoms with Crippen molar-refractivity contribution >= 4 is 24.4 Å². The molecule has 0 bridgehead atoms. The fourth-order valence-electron chi connectivity index (χ4n) is 3.70. The van der Waals surface area contributed by atoms with E-state index in [4.69, 9.17) is 0 Å². The van der Waals surface area contributed by atoms with Crippen molar-refractivity contribution in [3.05, 3.63) is 101 Å². The first kappa shape index (κ1) is 22.9.